The van der Waals surface area contributed by atoms with E-state index < -0.39 is 0 Å². The summed E-state index contributed by atoms with van der Waals surface area (Å²) in [5.41, 5.74) is 9.02. The zero-order valence-corrected chi connectivity index (χ0v) is 12.4. The van der Waals surface area contributed by atoms with Crippen molar-refractivity contribution in [3.05, 3.63) is 63.4 Å². The molecular formula is C15H15BrFNO. The molecule has 19 heavy (non-hydrogen) atoms. The fourth-order valence-corrected chi connectivity index (χ4v) is 2.30. The second kappa shape index (κ2) is 5.72. The Hall–Kier alpha value is -1.39. The Labute approximate surface area is 120 Å². The molecule has 0 spiro atoms. The van der Waals surface area contributed by atoms with E-state index in [2.05, 4.69) is 15.9 Å². The first kappa shape index (κ1) is 14.0. The van der Waals surface area contributed by atoms with Gasteiger partial charge in [0.25, 0.3) is 0 Å². The van der Waals surface area contributed by atoms with Crippen molar-refractivity contribution in [2.24, 2.45) is 5.73 Å². The Morgan fingerprint density at radius 1 is 1.21 bits per heavy atom. The van der Waals surface area contributed by atoms with Gasteiger partial charge in [-0.05, 0) is 42.3 Å². The number of nitrogens with two attached hydrogens (primary N) is 1. The van der Waals surface area contributed by atoms with Gasteiger partial charge in [-0.25, -0.2) is 4.39 Å². The first-order valence-electron chi connectivity index (χ1n) is 5.88. The molecule has 0 radical (unpaired) electrons. The molecule has 0 aliphatic carbocycles. The van der Waals surface area contributed by atoms with Crippen LogP contribution in [0.25, 0.3) is 0 Å². The summed E-state index contributed by atoms with van der Waals surface area (Å²) in [6.07, 6.45) is 0. The average molecular weight is 324 g/mol. The van der Waals surface area contributed by atoms with Gasteiger partial charge in [-0.3, -0.25) is 0 Å². The predicted molar refractivity (Wildman–Crippen MR) is 77.9 cm³/mol. The maximum absolute atomic E-state index is 12.9. The molecule has 1 unspecified atom stereocenters. The highest BCUT2D eigenvalue weighted by atomic mass is 79.9. The van der Waals surface area contributed by atoms with Crippen LogP contribution in [0.4, 0.5) is 4.39 Å². The molecule has 0 saturated heterocycles. The standard InChI is InChI=1S/C15H15BrFNO/c1-9-7-14(19-2)12(8-13(9)16)15(18)10-3-5-11(17)6-4-10/h3-8,15H,18H2,1-2H3. The highest BCUT2D eigenvalue weighted by molar-refractivity contribution is 9.10. The van der Waals surface area contributed by atoms with Crippen molar-refractivity contribution in [2.75, 3.05) is 7.11 Å². The Balaban J connectivity index is 2.45. The number of methoxy groups -OCH3 is 1. The van der Waals surface area contributed by atoms with Crippen molar-refractivity contribution in [3.8, 4) is 5.75 Å². The Kier molecular flexibility index (Phi) is 4.22. The number of aryl methyl sites for hydroxylation is 1. The molecule has 2 nitrogen and oxygen atoms in total. The highest BCUT2D eigenvalue weighted by Gasteiger charge is 2.15. The minimum Gasteiger partial charge on any atom is -0.496 e. The minimum atomic E-state index is -0.354. The van der Waals surface area contributed by atoms with Gasteiger partial charge in [0, 0.05) is 10.0 Å². The van der Waals surface area contributed by atoms with Crippen LogP contribution in [0.3, 0.4) is 0 Å². The Morgan fingerprint density at radius 2 is 1.84 bits per heavy atom. The molecule has 4 heteroatoms. The number of rotatable bonds is 3. The normalized spacial score (nSPS) is 12.3. The fourth-order valence-electron chi connectivity index (χ4n) is 1.94. The zero-order valence-electron chi connectivity index (χ0n) is 10.8. The SMILES string of the molecule is COc1cc(C)c(Br)cc1C(N)c1ccc(F)cc1. The first-order valence-corrected chi connectivity index (χ1v) is 6.67. The van der Waals surface area contributed by atoms with Crippen LogP contribution in [0.15, 0.2) is 40.9 Å². The van der Waals surface area contributed by atoms with Crippen LogP contribution in [0.1, 0.15) is 22.7 Å². The van der Waals surface area contributed by atoms with Crippen LogP contribution in [-0.4, -0.2) is 7.11 Å². The Morgan fingerprint density at radius 3 is 2.42 bits per heavy atom. The first-order chi connectivity index (χ1) is 9.02. The highest BCUT2D eigenvalue weighted by Crippen LogP contribution is 2.33. The lowest BCUT2D eigenvalue weighted by Gasteiger charge is -2.17. The summed E-state index contributed by atoms with van der Waals surface area (Å²) in [5.74, 6) is 0.463. The molecule has 2 aromatic rings. The smallest absolute Gasteiger partial charge is 0.124 e. The third kappa shape index (κ3) is 2.96. The van der Waals surface area contributed by atoms with Crippen molar-refractivity contribution in [1.29, 1.82) is 0 Å². The largest absolute Gasteiger partial charge is 0.496 e. The predicted octanol–water partition coefficient (Wildman–Crippen LogP) is 3.95. The summed E-state index contributed by atoms with van der Waals surface area (Å²) in [4.78, 5) is 0. The van der Waals surface area contributed by atoms with Crippen LogP contribution in [0, 0.1) is 12.7 Å². The molecule has 0 heterocycles. The maximum atomic E-state index is 12.9. The summed E-state index contributed by atoms with van der Waals surface area (Å²) in [6, 6.07) is 9.72. The molecule has 2 aromatic carbocycles. The molecule has 0 aromatic heterocycles. The maximum Gasteiger partial charge on any atom is 0.124 e. The lowest BCUT2D eigenvalue weighted by molar-refractivity contribution is 0.407. The molecule has 0 bridgehead atoms. The van der Waals surface area contributed by atoms with Crippen molar-refractivity contribution >= 4 is 15.9 Å². The third-order valence-corrected chi connectivity index (χ3v) is 3.93. The summed E-state index contributed by atoms with van der Waals surface area (Å²) in [5, 5.41) is 0. The molecule has 0 amide bonds. The molecule has 1 atom stereocenters. The molecule has 0 aliphatic rings. The van der Waals surface area contributed by atoms with E-state index in [0.717, 1.165) is 26.9 Å². The van der Waals surface area contributed by atoms with E-state index in [9.17, 15) is 4.39 Å². The van der Waals surface area contributed by atoms with Crippen LogP contribution < -0.4 is 10.5 Å². The summed E-state index contributed by atoms with van der Waals surface area (Å²) < 4.78 is 19.3. The number of halogens is 2. The number of benzene rings is 2. The third-order valence-electron chi connectivity index (χ3n) is 3.08. The van der Waals surface area contributed by atoms with Crippen LogP contribution in [0.2, 0.25) is 0 Å². The van der Waals surface area contributed by atoms with E-state index in [1.165, 1.54) is 12.1 Å². The fraction of sp³-hybridized carbons (Fsp3) is 0.200. The van der Waals surface area contributed by atoms with Crippen molar-refractivity contribution in [2.45, 2.75) is 13.0 Å². The quantitative estimate of drug-likeness (QED) is 0.928. The molecule has 2 rings (SSSR count). The van der Waals surface area contributed by atoms with Gasteiger partial charge in [0.1, 0.15) is 11.6 Å². The zero-order chi connectivity index (χ0) is 14.0. The number of hydrogen-bond donors (Lipinski definition) is 1. The molecule has 0 saturated carbocycles. The van der Waals surface area contributed by atoms with Crippen LogP contribution >= 0.6 is 15.9 Å². The van der Waals surface area contributed by atoms with E-state index in [1.54, 1.807) is 19.2 Å². The average Bonchev–Trinajstić information content (AvgIpc) is 2.41. The molecule has 0 fully saturated rings. The molecular weight excluding hydrogens is 309 g/mol. The molecule has 0 aliphatic heterocycles. The lowest BCUT2D eigenvalue weighted by atomic mass is 9.97. The summed E-state index contributed by atoms with van der Waals surface area (Å²) >= 11 is 3.49. The minimum absolute atomic E-state index is 0.270. The van der Waals surface area contributed by atoms with Crippen molar-refractivity contribution in [3.63, 3.8) is 0 Å². The molecule has 100 valence electrons. The van der Waals surface area contributed by atoms with Gasteiger partial charge in [0.2, 0.25) is 0 Å². The topological polar surface area (TPSA) is 35.2 Å². The summed E-state index contributed by atoms with van der Waals surface area (Å²) in [6.45, 7) is 1.99. The summed E-state index contributed by atoms with van der Waals surface area (Å²) in [7, 11) is 1.61. The van der Waals surface area contributed by atoms with Crippen LogP contribution in [0.5, 0.6) is 5.75 Å². The van der Waals surface area contributed by atoms with Gasteiger partial charge in [0.05, 0.1) is 13.2 Å². The Bertz CT molecular complexity index is 583. The van der Waals surface area contributed by atoms with Crippen molar-refractivity contribution in [1.82, 2.24) is 0 Å². The van der Waals surface area contributed by atoms with E-state index in [0.29, 0.717) is 0 Å². The number of ether oxygens (including phenoxy) is 1. The van der Waals surface area contributed by atoms with Gasteiger partial charge >= 0.3 is 0 Å². The van der Waals surface area contributed by atoms with E-state index in [4.69, 9.17) is 10.5 Å². The lowest BCUT2D eigenvalue weighted by Crippen LogP contribution is -2.13. The van der Waals surface area contributed by atoms with Gasteiger partial charge in [0.15, 0.2) is 0 Å². The van der Waals surface area contributed by atoms with E-state index in [-0.39, 0.29) is 11.9 Å². The van der Waals surface area contributed by atoms with E-state index in [1.807, 2.05) is 19.1 Å². The number of hydrogen-bond acceptors (Lipinski definition) is 2. The van der Waals surface area contributed by atoms with Gasteiger partial charge in [-0.2, -0.15) is 0 Å². The van der Waals surface area contributed by atoms with E-state index >= 15 is 0 Å². The molecule has 2 N–H and O–H groups in total. The van der Waals surface area contributed by atoms with Gasteiger partial charge in [-0.1, -0.05) is 28.1 Å². The monoisotopic (exact) mass is 323 g/mol. The van der Waals surface area contributed by atoms with Gasteiger partial charge < -0.3 is 10.5 Å². The van der Waals surface area contributed by atoms with Crippen molar-refractivity contribution < 1.29 is 9.13 Å². The van der Waals surface area contributed by atoms with Gasteiger partial charge in [-0.15, -0.1) is 0 Å². The van der Waals surface area contributed by atoms with Crippen LogP contribution in [-0.2, 0) is 0 Å². The second-order valence-corrected chi connectivity index (χ2v) is 5.23. The second-order valence-electron chi connectivity index (χ2n) is 4.37.